The van der Waals surface area contributed by atoms with Gasteiger partial charge in [0.05, 0.1) is 5.04 Å². The highest BCUT2D eigenvalue weighted by atomic mass is 32.2. The van der Waals surface area contributed by atoms with E-state index in [0.717, 1.165) is 6.42 Å². The average molecular weight is 205 g/mol. The molecule has 1 N–H and O–H groups in total. The largest absolute Gasteiger partial charge is 0.298 e. The van der Waals surface area contributed by atoms with Crippen LogP contribution in [-0.2, 0) is 6.42 Å². The van der Waals surface area contributed by atoms with Crippen molar-refractivity contribution in [3.05, 3.63) is 40.8 Å². The lowest BCUT2D eigenvalue weighted by molar-refractivity contribution is 1.14. The van der Waals surface area contributed by atoms with E-state index in [2.05, 4.69) is 31.2 Å². The summed E-state index contributed by atoms with van der Waals surface area (Å²) in [5, 5.41) is 9.80. The molecule has 74 valence electrons. The first kappa shape index (κ1) is 11.1. The predicted octanol–water partition coefficient (Wildman–Crippen LogP) is 3.95. The molecular weight excluding hydrogens is 190 g/mol. The minimum Gasteiger partial charge on any atom is -0.298 e. The molecule has 1 aromatic carbocycles. The number of rotatable bonds is 3. The Kier molecular flexibility index (Phi) is 4.47. The molecular formula is C12H15NS. The van der Waals surface area contributed by atoms with Gasteiger partial charge in [-0.05, 0) is 36.0 Å². The SMILES string of the molecule is CCc1ccc(/C=C/SC(C)=N)cc1. The Labute approximate surface area is 89.7 Å². The molecule has 0 amide bonds. The van der Waals surface area contributed by atoms with Crippen molar-refractivity contribution in [1.29, 1.82) is 5.41 Å². The van der Waals surface area contributed by atoms with Gasteiger partial charge in [-0.3, -0.25) is 5.41 Å². The third kappa shape index (κ3) is 3.79. The zero-order valence-corrected chi connectivity index (χ0v) is 9.40. The summed E-state index contributed by atoms with van der Waals surface area (Å²) in [7, 11) is 0. The number of benzene rings is 1. The highest BCUT2D eigenvalue weighted by Crippen LogP contribution is 2.10. The molecule has 1 nitrogen and oxygen atoms in total. The molecule has 0 saturated carbocycles. The quantitative estimate of drug-likeness (QED) is 0.586. The van der Waals surface area contributed by atoms with Crippen LogP contribution in [0.5, 0.6) is 0 Å². The van der Waals surface area contributed by atoms with Crippen LogP contribution in [0.1, 0.15) is 25.0 Å². The van der Waals surface area contributed by atoms with Gasteiger partial charge in [0.2, 0.25) is 0 Å². The first-order chi connectivity index (χ1) is 6.72. The fourth-order valence-corrected chi connectivity index (χ4v) is 1.51. The molecule has 1 rings (SSSR count). The molecule has 0 atom stereocenters. The van der Waals surface area contributed by atoms with Crippen molar-refractivity contribution in [1.82, 2.24) is 0 Å². The summed E-state index contributed by atoms with van der Waals surface area (Å²) in [5.74, 6) is 0. The molecule has 0 unspecified atom stereocenters. The second kappa shape index (κ2) is 5.66. The Morgan fingerprint density at radius 1 is 1.36 bits per heavy atom. The zero-order chi connectivity index (χ0) is 10.4. The third-order valence-electron chi connectivity index (χ3n) is 1.89. The van der Waals surface area contributed by atoms with E-state index in [-0.39, 0.29) is 0 Å². The summed E-state index contributed by atoms with van der Waals surface area (Å²) < 4.78 is 0. The number of aryl methyl sites for hydroxylation is 1. The average Bonchev–Trinajstić information content (AvgIpc) is 2.18. The topological polar surface area (TPSA) is 23.9 Å². The van der Waals surface area contributed by atoms with Gasteiger partial charge in [0, 0.05) is 0 Å². The fourth-order valence-electron chi connectivity index (χ4n) is 1.08. The molecule has 0 bridgehead atoms. The predicted molar refractivity (Wildman–Crippen MR) is 65.8 cm³/mol. The van der Waals surface area contributed by atoms with Crippen LogP contribution in [0.2, 0.25) is 0 Å². The third-order valence-corrected chi connectivity index (χ3v) is 2.52. The smallest absolute Gasteiger partial charge is 0.0652 e. The molecule has 0 aliphatic heterocycles. The Bertz CT molecular complexity index is 325. The van der Waals surface area contributed by atoms with Crippen molar-refractivity contribution in [3.8, 4) is 0 Å². The van der Waals surface area contributed by atoms with Crippen LogP contribution < -0.4 is 0 Å². The van der Waals surface area contributed by atoms with Crippen LogP contribution in [-0.4, -0.2) is 5.04 Å². The van der Waals surface area contributed by atoms with E-state index in [9.17, 15) is 0 Å². The van der Waals surface area contributed by atoms with Gasteiger partial charge < -0.3 is 0 Å². The Hall–Kier alpha value is -1.02. The van der Waals surface area contributed by atoms with Gasteiger partial charge in [-0.15, -0.1) is 0 Å². The molecule has 0 spiro atoms. The monoisotopic (exact) mass is 205 g/mol. The molecule has 0 fully saturated rings. The normalized spacial score (nSPS) is 10.7. The van der Waals surface area contributed by atoms with Crippen molar-refractivity contribution in [2.24, 2.45) is 0 Å². The van der Waals surface area contributed by atoms with Crippen LogP contribution in [0.3, 0.4) is 0 Å². The van der Waals surface area contributed by atoms with E-state index in [4.69, 9.17) is 5.41 Å². The summed E-state index contributed by atoms with van der Waals surface area (Å²) in [6.45, 7) is 3.94. The zero-order valence-electron chi connectivity index (χ0n) is 8.58. The van der Waals surface area contributed by atoms with Crippen LogP contribution in [0.4, 0.5) is 0 Å². The van der Waals surface area contributed by atoms with Crippen molar-refractivity contribution in [3.63, 3.8) is 0 Å². The Morgan fingerprint density at radius 3 is 2.50 bits per heavy atom. The standard InChI is InChI=1S/C12H15NS/c1-3-11-4-6-12(7-5-11)8-9-14-10(2)13/h4-9,13H,3H2,1-2H3/b9-8+,13-10?. The van der Waals surface area contributed by atoms with E-state index in [1.54, 1.807) is 6.92 Å². The molecule has 14 heavy (non-hydrogen) atoms. The second-order valence-corrected chi connectivity index (χ2v) is 4.19. The minimum atomic E-state index is 0.617. The van der Waals surface area contributed by atoms with Crippen LogP contribution in [0.15, 0.2) is 29.7 Å². The Morgan fingerprint density at radius 2 is 2.00 bits per heavy atom. The first-order valence-corrected chi connectivity index (χ1v) is 5.57. The number of thioether (sulfide) groups is 1. The maximum atomic E-state index is 7.24. The summed E-state index contributed by atoms with van der Waals surface area (Å²) in [6.07, 6.45) is 3.11. The molecule has 2 heteroatoms. The van der Waals surface area contributed by atoms with Crippen molar-refractivity contribution < 1.29 is 0 Å². The van der Waals surface area contributed by atoms with Crippen molar-refractivity contribution in [2.45, 2.75) is 20.3 Å². The molecule has 0 aliphatic rings. The van der Waals surface area contributed by atoms with E-state index in [0.29, 0.717) is 5.04 Å². The maximum Gasteiger partial charge on any atom is 0.0652 e. The van der Waals surface area contributed by atoms with Gasteiger partial charge in [0.1, 0.15) is 0 Å². The molecule has 0 saturated heterocycles. The van der Waals surface area contributed by atoms with Crippen molar-refractivity contribution >= 4 is 22.9 Å². The van der Waals surface area contributed by atoms with Crippen molar-refractivity contribution in [2.75, 3.05) is 0 Å². The minimum absolute atomic E-state index is 0.617. The molecule has 0 heterocycles. The van der Waals surface area contributed by atoms with Gasteiger partial charge in [0.25, 0.3) is 0 Å². The summed E-state index contributed by atoms with van der Waals surface area (Å²) >= 11 is 1.44. The lowest BCUT2D eigenvalue weighted by Crippen LogP contribution is -1.79. The van der Waals surface area contributed by atoms with Gasteiger partial charge in [-0.1, -0.05) is 43.0 Å². The lowest BCUT2D eigenvalue weighted by Gasteiger charge is -1.96. The molecule has 0 radical (unpaired) electrons. The summed E-state index contributed by atoms with van der Waals surface area (Å²) in [5.41, 5.74) is 2.55. The molecule has 0 aliphatic carbocycles. The van der Waals surface area contributed by atoms with Gasteiger partial charge in [-0.25, -0.2) is 0 Å². The number of hydrogen-bond donors (Lipinski definition) is 1. The fraction of sp³-hybridized carbons (Fsp3) is 0.250. The van der Waals surface area contributed by atoms with Gasteiger partial charge in [-0.2, -0.15) is 0 Å². The van der Waals surface area contributed by atoms with Crippen LogP contribution in [0, 0.1) is 5.41 Å². The molecule has 1 aromatic rings. The lowest BCUT2D eigenvalue weighted by atomic mass is 10.1. The van der Waals surface area contributed by atoms with E-state index >= 15 is 0 Å². The van der Waals surface area contributed by atoms with E-state index < -0.39 is 0 Å². The number of hydrogen-bond acceptors (Lipinski definition) is 2. The van der Waals surface area contributed by atoms with E-state index in [1.165, 1.54) is 22.9 Å². The Balaban J connectivity index is 2.59. The summed E-state index contributed by atoms with van der Waals surface area (Å²) in [6, 6.07) is 8.49. The number of nitrogens with one attached hydrogen (secondary N) is 1. The summed E-state index contributed by atoms with van der Waals surface area (Å²) in [4.78, 5) is 0. The highest BCUT2D eigenvalue weighted by molar-refractivity contribution is 8.16. The van der Waals surface area contributed by atoms with Gasteiger partial charge in [0.15, 0.2) is 0 Å². The maximum absolute atomic E-state index is 7.24. The van der Waals surface area contributed by atoms with Crippen LogP contribution in [0.25, 0.3) is 6.08 Å². The van der Waals surface area contributed by atoms with Crippen LogP contribution >= 0.6 is 11.8 Å². The highest BCUT2D eigenvalue weighted by Gasteiger charge is 1.89. The van der Waals surface area contributed by atoms with Gasteiger partial charge >= 0.3 is 0 Å². The van der Waals surface area contributed by atoms with E-state index in [1.807, 2.05) is 11.5 Å². The molecule has 0 aromatic heterocycles. The second-order valence-electron chi connectivity index (χ2n) is 3.07. The first-order valence-electron chi connectivity index (χ1n) is 4.69.